The molecular weight excluding hydrogens is 384 g/mol. The van der Waals surface area contributed by atoms with Gasteiger partial charge in [-0.15, -0.1) is 0 Å². The summed E-state index contributed by atoms with van der Waals surface area (Å²) in [7, 11) is 3.49. The number of carbonyl (C=O) groups excluding carboxylic acids is 3. The fourth-order valence-electron chi connectivity index (χ4n) is 3.56. The zero-order valence-corrected chi connectivity index (χ0v) is 17.1. The van der Waals surface area contributed by atoms with Gasteiger partial charge in [0.15, 0.2) is 0 Å². The molecule has 2 saturated heterocycles. The summed E-state index contributed by atoms with van der Waals surface area (Å²) < 4.78 is 5.80. The van der Waals surface area contributed by atoms with Crippen LogP contribution in [0.4, 0.5) is 4.79 Å². The molecule has 1 N–H and O–H groups in total. The maximum Gasteiger partial charge on any atom is 0.328 e. The number of urea groups is 1. The normalized spacial score (nSPS) is 19.3. The number of hydrogen-bond acceptors (Lipinski definition) is 5. The van der Waals surface area contributed by atoms with Crippen LogP contribution in [0.1, 0.15) is 22.5 Å². The Morgan fingerprint density at radius 3 is 2.47 bits per heavy atom. The van der Waals surface area contributed by atoms with Crippen LogP contribution in [-0.2, 0) is 4.79 Å². The van der Waals surface area contributed by atoms with Gasteiger partial charge in [0.25, 0.3) is 11.8 Å². The first-order valence-corrected chi connectivity index (χ1v) is 9.91. The van der Waals surface area contributed by atoms with Crippen molar-refractivity contribution in [3.63, 3.8) is 0 Å². The smallest absolute Gasteiger partial charge is 0.328 e. The Hall–Kier alpha value is -3.39. The first kappa shape index (κ1) is 19.9. The summed E-state index contributed by atoms with van der Waals surface area (Å²) in [4.78, 5) is 41.4. The van der Waals surface area contributed by atoms with Crippen molar-refractivity contribution in [1.82, 2.24) is 20.0 Å². The third-order valence-electron chi connectivity index (χ3n) is 5.42. The lowest BCUT2D eigenvalue weighted by Crippen LogP contribution is -2.34. The molecule has 156 valence electrons. The number of benzene rings is 1. The zero-order valence-electron chi connectivity index (χ0n) is 17.1. The molecule has 2 aliphatic rings. The molecular formula is C22H24N4O4. The Morgan fingerprint density at radius 2 is 1.77 bits per heavy atom. The molecule has 8 heteroatoms. The first-order chi connectivity index (χ1) is 14.4. The summed E-state index contributed by atoms with van der Waals surface area (Å²) in [6.07, 6.45) is 2.48. The molecule has 0 saturated carbocycles. The van der Waals surface area contributed by atoms with E-state index in [1.807, 2.05) is 29.2 Å². The van der Waals surface area contributed by atoms with Crippen molar-refractivity contribution in [2.45, 2.75) is 6.42 Å². The molecule has 1 aromatic heterocycles. The van der Waals surface area contributed by atoms with Gasteiger partial charge in [-0.1, -0.05) is 12.1 Å². The average Bonchev–Trinajstić information content (AvgIpc) is 3.22. The second-order valence-corrected chi connectivity index (χ2v) is 7.58. The van der Waals surface area contributed by atoms with Gasteiger partial charge in [-0.2, -0.15) is 0 Å². The monoisotopic (exact) mass is 408 g/mol. The third kappa shape index (κ3) is 3.99. The zero-order chi connectivity index (χ0) is 21.3. The van der Waals surface area contributed by atoms with Crippen LogP contribution in [0.3, 0.4) is 0 Å². The lowest BCUT2D eigenvalue weighted by atomic mass is 10.1. The number of nitrogens with zero attached hydrogens (tertiary/aromatic N) is 3. The van der Waals surface area contributed by atoms with E-state index < -0.39 is 11.9 Å². The Labute approximate surface area is 174 Å². The highest BCUT2D eigenvalue weighted by atomic mass is 16.3. The Kier molecular flexibility index (Phi) is 5.41. The molecule has 0 bridgehead atoms. The van der Waals surface area contributed by atoms with Gasteiger partial charge in [-0.3, -0.25) is 14.5 Å². The number of carbonyl (C=O) groups is 3. The van der Waals surface area contributed by atoms with Crippen LogP contribution in [0.25, 0.3) is 17.4 Å². The summed E-state index contributed by atoms with van der Waals surface area (Å²) in [5, 5.41) is 2.50. The van der Waals surface area contributed by atoms with Crippen molar-refractivity contribution >= 4 is 23.9 Å². The van der Waals surface area contributed by atoms with Crippen LogP contribution in [0, 0.1) is 0 Å². The quantitative estimate of drug-likeness (QED) is 0.622. The first-order valence-electron chi connectivity index (χ1n) is 9.91. The third-order valence-corrected chi connectivity index (χ3v) is 5.42. The van der Waals surface area contributed by atoms with Gasteiger partial charge in [-0.05, 0) is 44.3 Å². The second-order valence-electron chi connectivity index (χ2n) is 7.58. The van der Waals surface area contributed by atoms with Gasteiger partial charge < -0.3 is 19.5 Å². The highest BCUT2D eigenvalue weighted by molar-refractivity contribution is 6.13. The summed E-state index contributed by atoms with van der Waals surface area (Å²) >= 11 is 0. The minimum Gasteiger partial charge on any atom is -0.457 e. The molecule has 0 aliphatic carbocycles. The van der Waals surface area contributed by atoms with E-state index in [1.54, 1.807) is 12.1 Å². The van der Waals surface area contributed by atoms with Crippen molar-refractivity contribution in [2.75, 3.05) is 40.3 Å². The lowest BCUT2D eigenvalue weighted by molar-refractivity contribution is -0.121. The summed E-state index contributed by atoms with van der Waals surface area (Å²) in [6, 6.07) is 10.4. The van der Waals surface area contributed by atoms with Crippen LogP contribution in [0.5, 0.6) is 0 Å². The molecule has 4 rings (SSSR count). The standard InChI is InChI=1S/C22H24N4O4/c1-24-10-3-11-26(13-12-24)20(27)16-6-4-15(5-7-16)19-9-8-17(30-19)14-18-21(28)25(2)22(29)23-18/h4-9,14H,3,10-13H2,1-2H3,(H,23,29). The van der Waals surface area contributed by atoms with Crippen LogP contribution >= 0.6 is 0 Å². The second kappa shape index (κ2) is 8.16. The van der Waals surface area contributed by atoms with Crippen LogP contribution in [-0.4, -0.2) is 72.8 Å². The molecule has 0 unspecified atom stereocenters. The minimum atomic E-state index is -0.464. The predicted octanol–water partition coefficient (Wildman–Crippen LogP) is 2.25. The molecule has 2 aromatic rings. The topological polar surface area (TPSA) is 86.1 Å². The van der Waals surface area contributed by atoms with Gasteiger partial charge in [-0.25, -0.2) is 4.79 Å². The molecule has 8 nitrogen and oxygen atoms in total. The molecule has 0 atom stereocenters. The van der Waals surface area contributed by atoms with Crippen LogP contribution in [0.2, 0.25) is 0 Å². The maximum absolute atomic E-state index is 12.8. The van der Waals surface area contributed by atoms with E-state index in [-0.39, 0.29) is 11.6 Å². The van der Waals surface area contributed by atoms with Gasteiger partial charge in [0.05, 0.1) is 0 Å². The van der Waals surface area contributed by atoms with Gasteiger partial charge in [0, 0.05) is 43.9 Å². The van der Waals surface area contributed by atoms with Crippen molar-refractivity contribution in [3.8, 4) is 11.3 Å². The fourth-order valence-corrected chi connectivity index (χ4v) is 3.56. The van der Waals surface area contributed by atoms with Gasteiger partial charge >= 0.3 is 6.03 Å². The molecule has 2 fully saturated rings. The van der Waals surface area contributed by atoms with E-state index in [1.165, 1.54) is 13.1 Å². The van der Waals surface area contributed by atoms with Crippen molar-refractivity contribution < 1.29 is 18.8 Å². The average molecular weight is 408 g/mol. The van der Waals surface area contributed by atoms with Crippen molar-refractivity contribution in [3.05, 3.63) is 53.4 Å². The van der Waals surface area contributed by atoms with Gasteiger partial charge in [0.1, 0.15) is 17.2 Å². The van der Waals surface area contributed by atoms with E-state index in [0.717, 1.165) is 43.1 Å². The SMILES string of the molecule is CN1CCCN(C(=O)c2ccc(-c3ccc(C=C4NC(=O)N(C)C4=O)o3)cc2)CC1. The lowest BCUT2D eigenvalue weighted by Gasteiger charge is -2.20. The van der Waals surface area contributed by atoms with Crippen LogP contribution < -0.4 is 5.32 Å². The number of rotatable bonds is 3. The number of amides is 4. The largest absolute Gasteiger partial charge is 0.457 e. The number of likely N-dealkylation sites (N-methyl/N-ethyl adjacent to an activating group) is 2. The summed E-state index contributed by atoms with van der Waals surface area (Å²) in [6.45, 7) is 3.39. The molecule has 30 heavy (non-hydrogen) atoms. The van der Waals surface area contributed by atoms with E-state index in [0.29, 0.717) is 17.1 Å². The fraction of sp³-hybridized carbons (Fsp3) is 0.318. The van der Waals surface area contributed by atoms with E-state index in [2.05, 4.69) is 17.3 Å². The van der Waals surface area contributed by atoms with E-state index >= 15 is 0 Å². The van der Waals surface area contributed by atoms with E-state index in [9.17, 15) is 14.4 Å². The summed E-state index contributed by atoms with van der Waals surface area (Å²) in [5.41, 5.74) is 1.65. The molecule has 4 amide bonds. The molecule has 0 spiro atoms. The molecule has 0 radical (unpaired) electrons. The summed E-state index contributed by atoms with van der Waals surface area (Å²) in [5.74, 6) is 0.710. The highest BCUT2D eigenvalue weighted by Gasteiger charge is 2.30. The number of furan rings is 1. The highest BCUT2D eigenvalue weighted by Crippen LogP contribution is 2.25. The predicted molar refractivity (Wildman–Crippen MR) is 111 cm³/mol. The molecule has 3 heterocycles. The Bertz CT molecular complexity index is 1010. The molecule has 1 aromatic carbocycles. The van der Waals surface area contributed by atoms with Crippen LogP contribution in [0.15, 0.2) is 46.5 Å². The van der Waals surface area contributed by atoms with Gasteiger partial charge in [0.2, 0.25) is 0 Å². The maximum atomic E-state index is 12.8. The van der Waals surface area contributed by atoms with E-state index in [4.69, 9.17) is 4.42 Å². The number of imide groups is 1. The minimum absolute atomic E-state index is 0.0429. The van der Waals surface area contributed by atoms with Crippen molar-refractivity contribution in [1.29, 1.82) is 0 Å². The molecule has 2 aliphatic heterocycles. The Balaban J connectivity index is 1.47. The Morgan fingerprint density at radius 1 is 1.00 bits per heavy atom. The number of hydrogen-bond donors (Lipinski definition) is 1. The number of nitrogens with one attached hydrogen (secondary N) is 1. The van der Waals surface area contributed by atoms with Crippen molar-refractivity contribution in [2.24, 2.45) is 0 Å².